The van der Waals surface area contributed by atoms with Crippen LogP contribution in [0.3, 0.4) is 0 Å². The van der Waals surface area contributed by atoms with Gasteiger partial charge in [-0.05, 0) is 25.1 Å². The molecule has 0 aliphatic carbocycles. The lowest BCUT2D eigenvalue weighted by molar-refractivity contribution is 0.0692. The minimum Gasteiger partial charge on any atom is -0.477 e. The van der Waals surface area contributed by atoms with E-state index in [2.05, 4.69) is 15.6 Å². The van der Waals surface area contributed by atoms with Gasteiger partial charge in [-0.25, -0.2) is 18.4 Å². The number of amides is 2. The van der Waals surface area contributed by atoms with E-state index in [1.165, 1.54) is 12.1 Å². The first kappa shape index (κ1) is 14.5. The summed E-state index contributed by atoms with van der Waals surface area (Å²) in [5.74, 6) is -3.36. The summed E-state index contributed by atoms with van der Waals surface area (Å²) in [6, 6.07) is 3.53. The van der Waals surface area contributed by atoms with Crippen molar-refractivity contribution in [2.45, 2.75) is 6.92 Å². The quantitative estimate of drug-likeness (QED) is 0.701. The van der Waals surface area contributed by atoms with Crippen molar-refractivity contribution in [2.75, 3.05) is 10.6 Å². The number of carbonyl (C=O) groups excluding carboxylic acids is 1. The first-order valence-electron chi connectivity index (χ1n) is 5.83. The number of hydrogen-bond donors (Lipinski definition) is 4. The Morgan fingerprint density at radius 1 is 1.14 bits per heavy atom. The number of anilines is 2. The fourth-order valence-electron chi connectivity index (χ4n) is 1.72. The summed E-state index contributed by atoms with van der Waals surface area (Å²) in [6.45, 7) is 1.63. The molecule has 6 nitrogen and oxygen atoms in total. The maximum atomic E-state index is 13.0. The van der Waals surface area contributed by atoms with E-state index < -0.39 is 23.6 Å². The molecule has 0 spiro atoms. The lowest BCUT2D eigenvalue weighted by atomic mass is 10.3. The number of benzene rings is 1. The number of nitrogens with one attached hydrogen (secondary N) is 3. The Kier molecular flexibility index (Phi) is 3.88. The van der Waals surface area contributed by atoms with Gasteiger partial charge < -0.3 is 20.7 Å². The zero-order valence-electron chi connectivity index (χ0n) is 10.8. The third-order valence-corrected chi connectivity index (χ3v) is 2.59. The van der Waals surface area contributed by atoms with Crippen molar-refractivity contribution in [3.63, 3.8) is 0 Å². The molecule has 0 saturated heterocycles. The number of H-pyrrole nitrogens is 1. The first-order valence-corrected chi connectivity index (χ1v) is 5.83. The van der Waals surface area contributed by atoms with E-state index in [0.29, 0.717) is 5.69 Å². The topological polar surface area (TPSA) is 94.2 Å². The fourth-order valence-corrected chi connectivity index (χ4v) is 1.72. The summed E-state index contributed by atoms with van der Waals surface area (Å²) in [6.07, 6.45) is 0. The Hall–Kier alpha value is -2.90. The molecule has 0 atom stereocenters. The lowest BCUT2D eigenvalue weighted by Crippen LogP contribution is -2.20. The number of aromatic carboxylic acids is 1. The van der Waals surface area contributed by atoms with Gasteiger partial charge >= 0.3 is 12.0 Å². The van der Waals surface area contributed by atoms with Crippen molar-refractivity contribution >= 4 is 23.4 Å². The highest BCUT2D eigenvalue weighted by atomic mass is 19.2. The molecule has 0 unspecified atom stereocenters. The van der Waals surface area contributed by atoms with Crippen LogP contribution in [0.2, 0.25) is 0 Å². The Morgan fingerprint density at radius 3 is 2.48 bits per heavy atom. The van der Waals surface area contributed by atoms with Gasteiger partial charge in [-0.15, -0.1) is 0 Å². The van der Waals surface area contributed by atoms with E-state index in [4.69, 9.17) is 5.11 Å². The van der Waals surface area contributed by atoms with Crippen LogP contribution in [0.5, 0.6) is 0 Å². The van der Waals surface area contributed by atoms with Crippen molar-refractivity contribution in [2.24, 2.45) is 0 Å². The van der Waals surface area contributed by atoms with Crippen LogP contribution in [0.15, 0.2) is 24.3 Å². The maximum Gasteiger partial charge on any atom is 0.354 e. The van der Waals surface area contributed by atoms with Crippen molar-refractivity contribution in [1.29, 1.82) is 0 Å². The number of urea groups is 1. The number of hydrogen-bond acceptors (Lipinski definition) is 2. The molecule has 2 rings (SSSR count). The summed E-state index contributed by atoms with van der Waals surface area (Å²) in [5.41, 5.74) is 0.485. The summed E-state index contributed by atoms with van der Waals surface area (Å²) >= 11 is 0. The largest absolute Gasteiger partial charge is 0.477 e. The van der Waals surface area contributed by atoms with E-state index in [9.17, 15) is 18.4 Å². The Balaban J connectivity index is 2.11. The minimum atomic E-state index is -1.23. The number of aromatic amines is 1. The van der Waals surface area contributed by atoms with E-state index in [1.807, 2.05) is 0 Å². The number of carbonyl (C=O) groups is 2. The minimum absolute atomic E-state index is 0.0375. The van der Waals surface area contributed by atoms with Gasteiger partial charge in [0.2, 0.25) is 0 Å². The van der Waals surface area contributed by atoms with Crippen molar-refractivity contribution in [1.82, 2.24) is 4.98 Å². The molecular formula is C13H11F2N3O3. The standard InChI is InChI=1S/C13H11F2N3O3/c1-6-4-10(11(16-6)12(19)20)18-13(21)17-7-2-3-8(14)9(15)5-7/h2-5,16H,1H3,(H,19,20)(H2,17,18,21). The van der Waals surface area contributed by atoms with E-state index in [0.717, 1.165) is 12.1 Å². The second-order valence-corrected chi connectivity index (χ2v) is 4.25. The SMILES string of the molecule is Cc1cc(NC(=O)Nc2ccc(F)c(F)c2)c(C(=O)O)[nH]1. The molecule has 1 aromatic heterocycles. The van der Waals surface area contributed by atoms with Crippen LogP contribution in [0.4, 0.5) is 25.0 Å². The summed E-state index contributed by atoms with van der Waals surface area (Å²) in [7, 11) is 0. The molecule has 1 aromatic carbocycles. The van der Waals surface area contributed by atoms with Crippen molar-refractivity contribution < 1.29 is 23.5 Å². The van der Waals surface area contributed by atoms with Gasteiger partial charge in [0.05, 0.1) is 5.69 Å². The molecule has 0 radical (unpaired) electrons. The Bertz CT molecular complexity index is 713. The van der Waals surface area contributed by atoms with Gasteiger partial charge in [-0.2, -0.15) is 0 Å². The molecule has 0 aliphatic heterocycles. The first-order chi connectivity index (χ1) is 9.86. The number of aryl methyl sites for hydroxylation is 1. The molecule has 21 heavy (non-hydrogen) atoms. The highest BCUT2D eigenvalue weighted by molar-refractivity contribution is 6.04. The molecule has 1 heterocycles. The van der Waals surface area contributed by atoms with Gasteiger partial charge in [0.25, 0.3) is 0 Å². The molecule has 4 N–H and O–H groups in total. The molecule has 2 aromatic rings. The van der Waals surface area contributed by atoms with Crippen LogP contribution in [0.25, 0.3) is 0 Å². The molecule has 0 saturated carbocycles. The van der Waals surface area contributed by atoms with Crippen molar-refractivity contribution in [3.8, 4) is 0 Å². The number of carboxylic acids is 1. The average Bonchev–Trinajstić information content (AvgIpc) is 2.75. The van der Waals surface area contributed by atoms with Gasteiger partial charge in [0, 0.05) is 17.4 Å². The Morgan fingerprint density at radius 2 is 1.86 bits per heavy atom. The monoisotopic (exact) mass is 295 g/mol. The predicted molar refractivity (Wildman–Crippen MR) is 71.5 cm³/mol. The third kappa shape index (κ3) is 3.35. The molecule has 110 valence electrons. The number of rotatable bonds is 3. The van der Waals surface area contributed by atoms with Gasteiger partial charge in [-0.3, -0.25) is 0 Å². The second-order valence-electron chi connectivity index (χ2n) is 4.25. The highest BCUT2D eigenvalue weighted by Crippen LogP contribution is 2.18. The normalized spacial score (nSPS) is 10.2. The molecule has 2 amide bonds. The number of carboxylic acid groups (broad SMARTS) is 1. The summed E-state index contributed by atoms with van der Waals surface area (Å²) < 4.78 is 25.8. The third-order valence-electron chi connectivity index (χ3n) is 2.59. The second kappa shape index (κ2) is 5.61. The molecule has 0 bridgehead atoms. The maximum absolute atomic E-state index is 13.0. The molecule has 0 fully saturated rings. The smallest absolute Gasteiger partial charge is 0.354 e. The average molecular weight is 295 g/mol. The lowest BCUT2D eigenvalue weighted by Gasteiger charge is -2.07. The zero-order valence-corrected chi connectivity index (χ0v) is 10.8. The summed E-state index contributed by atoms with van der Waals surface area (Å²) in [4.78, 5) is 25.3. The van der Waals surface area contributed by atoms with Crippen LogP contribution >= 0.6 is 0 Å². The van der Waals surface area contributed by atoms with E-state index in [1.54, 1.807) is 6.92 Å². The van der Waals surface area contributed by atoms with E-state index >= 15 is 0 Å². The van der Waals surface area contributed by atoms with Crippen molar-refractivity contribution in [3.05, 3.63) is 47.3 Å². The zero-order chi connectivity index (χ0) is 15.6. The van der Waals surface area contributed by atoms with E-state index in [-0.39, 0.29) is 17.1 Å². The van der Waals surface area contributed by atoms with Crippen LogP contribution in [-0.4, -0.2) is 22.1 Å². The highest BCUT2D eigenvalue weighted by Gasteiger charge is 2.15. The van der Waals surface area contributed by atoms with Crippen LogP contribution in [0, 0.1) is 18.6 Å². The van der Waals surface area contributed by atoms with Crippen LogP contribution in [0.1, 0.15) is 16.2 Å². The van der Waals surface area contributed by atoms with Gasteiger partial charge in [0.1, 0.15) is 5.69 Å². The van der Waals surface area contributed by atoms with Crippen LogP contribution in [-0.2, 0) is 0 Å². The van der Waals surface area contributed by atoms with Crippen LogP contribution < -0.4 is 10.6 Å². The predicted octanol–water partition coefficient (Wildman–Crippen LogP) is 2.94. The van der Waals surface area contributed by atoms with Gasteiger partial charge in [0.15, 0.2) is 11.6 Å². The summed E-state index contributed by atoms with van der Waals surface area (Å²) in [5, 5.41) is 13.5. The molecule has 8 heteroatoms. The Labute approximate surface area is 117 Å². The number of halogens is 2. The number of aromatic nitrogens is 1. The fraction of sp³-hybridized carbons (Fsp3) is 0.0769. The molecular weight excluding hydrogens is 284 g/mol. The van der Waals surface area contributed by atoms with Gasteiger partial charge in [-0.1, -0.05) is 0 Å². The molecule has 0 aliphatic rings.